The Morgan fingerprint density at radius 1 is 0.655 bits per heavy atom. The molecule has 1 heteroatoms. The highest BCUT2D eigenvalue weighted by Crippen LogP contribution is 2.36. The molecule has 0 heterocycles. The average Bonchev–Trinajstić information content (AvgIpc) is 2.69. The van der Waals surface area contributed by atoms with Crippen molar-refractivity contribution in [2.24, 2.45) is 0 Å². The molecule has 0 aromatic heterocycles. The molecule has 0 radical (unpaired) electrons. The molecule has 1 nitrogen and oxygen atoms in total. The van der Waals surface area contributed by atoms with E-state index in [9.17, 15) is 0 Å². The van der Waals surface area contributed by atoms with Crippen LogP contribution in [0.15, 0.2) is 48.5 Å². The lowest BCUT2D eigenvalue weighted by molar-refractivity contribution is 0.450. The standard InChI is InChI=1S/C28H43N/c1-7-9-13-21-27(3,4)23-17-19-24(20-18-23)29-26-16-12-11-15-25(26)28(5,6)22-14-10-8-2/h11-12,15-20,29H,7-10,13-14,21-22H2,1-6H3. The van der Waals surface area contributed by atoms with Crippen molar-refractivity contribution in [3.63, 3.8) is 0 Å². The SMILES string of the molecule is CCCCCC(C)(C)c1ccc(Nc2ccccc2C(C)(C)CCCCC)cc1. The van der Waals surface area contributed by atoms with E-state index < -0.39 is 0 Å². The molecule has 160 valence electrons. The molecular weight excluding hydrogens is 350 g/mol. The molecule has 0 aliphatic carbocycles. The monoisotopic (exact) mass is 393 g/mol. The van der Waals surface area contributed by atoms with E-state index in [1.54, 1.807) is 0 Å². The van der Waals surface area contributed by atoms with Crippen LogP contribution in [-0.4, -0.2) is 0 Å². The van der Waals surface area contributed by atoms with Gasteiger partial charge in [-0.25, -0.2) is 0 Å². The normalized spacial score (nSPS) is 12.2. The lowest BCUT2D eigenvalue weighted by Gasteiger charge is -2.29. The van der Waals surface area contributed by atoms with E-state index in [1.165, 1.54) is 73.9 Å². The van der Waals surface area contributed by atoms with Gasteiger partial charge in [-0.15, -0.1) is 0 Å². The molecule has 0 saturated heterocycles. The summed E-state index contributed by atoms with van der Waals surface area (Å²) >= 11 is 0. The molecule has 0 amide bonds. The van der Waals surface area contributed by atoms with E-state index in [-0.39, 0.29) is 10.8 Å². The number of unbranched alkanes of at least 4 members (excludes halogenated alkanes) is 4. The minimum absolute atomic E-state index is 0.181. The number of rotatable bonds is 12. The van der Waals surface area contributed by atoms with Crippen LogP contribution in [0.4, 0.5) is 11.4 Å². The van der Waals surface area contributed by atoms with E-state index in [4.69, 9.17) is 0 Å². The third kappa shape index (κ3) is 6.91. The van der Waals surface area contributed by atoms with Gasteiger partial charge >= 0.3 is 0 Å². The van der Waals surface area contributed by atoms with Crippen molar-refractivity contribution in [3.8, 4) is 0 Å². The minimum atomic E-state index is 0.181. The fourth-order valence-electron chi connectivity index (χ4n) is 4.26. The molecule has 0 spiro atoms. The van der Waals surface area contributed by atoms with Gasteiger partial charge in [-0.1, -0.05) is 110 Å². The molecular formula is C28H43N. The molecule has 0 atom stereocenters. The lowest BCUT2D eigenvalue weighted by atomic mass is 9.79. The molecule has 2 rings (SSSR count). The van der Waals surface area contributed by atoms with Gasteiger partial charge in [0.1, 0.15) is 0 Å². The molecule has 2 aromatic carbocycles. The first-order valence-corrected chi connectivity index (χ1v) is 11.8. The Labute approximate surface area is 180 Å². The summed E-state index contributed by atoms with van der Waals surface area (Å²) in [4.78, 5) is 0. The van der Waals surface area contributed by atoms with Gasteiger partial charge in [-0.2, -0.15) is 0 Å². The van der Waals surface area contributed by atoms with Gasteiger partial charge in [-0.3, -0.25) is 0 Å². The van der Waals surface area contributed by atoms with Gasteiger partial charge in [-0.05, 0) is 53.0 Å². The Morgan fingerprint density at radius 3 is 1.79 bits per heavy atom. The van der Waals surface area contributed by atoms with Gasteiger partial charge in [0.25, 0.3) is 0 Å². The van der Waals surface area contributed by atoms with Crippen molar-refractivity contribution < 1.29 is 0 Å². The van der Waals surface area contributed by atoms with Crippen molar-refractivity contribution in [3.05, 3.63) is 59.7 Å². The average molecular weight is 394 g/mol. The highest BCUT2D eigenvalue weighted by atomic mass is 14.9. The Morgan fingerprint density at radius 2 is 1.21 bits per heavy atom. The maximum absolute atomic E-state index is 3.70. The third-order valence-electron chi connectivity index (χ3n) is 6.41. The number of para-hydroxylation sites is 1. The summed E-state index contributed by atoms with van der Waals surface area (Å²) in [6, 6.07) is 17.9. The van der Waals surface area contributed by atoms with Crippen LogP contribution < -0.4 is 5.32 Å². The van der Waals surface area contributed by atoms with E-state index in [0.717, 1.165) is 0 Å². The van der Waals surface area contributed by atoms with Crippen LogP contribution in [0, 0.1) is 0 Å². The molecule has 29 heavy (non-hydrogen) atoms. The van der Waals surface area contributed by atoms with Gasteiger partial charge in [0.2, 0.25) is 0 Å². The Balaban J connectivity index is 2.12. The molecule has 0 unspecified atom stereocenters. The largest absolute Gasteiger partial charge is 0.355 e. The molecule has 0 bridgehead atoms. The molecule has 1 N–H and O–H groups in total. The number of nitrogens with one attached hydrogen (secondary N) is 1. The van der Waals surface area contributed by atoms with E-state index in [0.29, 0.717) is 0 Å². The van der Waals surface area contributed by atoms with E-state index in [1.807, 2.05) is 0 Å². The van der Waals surface area contributed by atoms with Crippen LogP contribution in [0.1, 0.15) is 104 Å². The zero-order valence-corrected chi connectivity index (χ0v) is 19.8. The molecule has 0 fully saturated rings. The first-order chi connectivity index (χ1) is 13.8. The number of benzene rings is 2. The number of anilines is 2. The lowest BCUT2D eigenvalue weighted by Crippen LogP contribution is -2.19. The van der Waals surface area contributed by atoms with Gasteiger partial charge in [0, 0.05) is 11.4 Å². The molecule has 0 aliphatic heterocycles. The highest BCUT2D eigenvalue weighted by molar-refractivity contribution is 5.65. The molecule has 2 aromatic rings. The summed E-state index contributed by atoms with van der Waals surface area (Å²) in [5.74, 6) is 0. The van der Waals surface area contributed by atoms with Crippen LogP contribution in [0.3, 0.4) is 0 Å². The van der Waals surface area contributed by atoms with Gasteiger partial charge in [0.15, 0.2) is 0 Å². The fraction of sp³-hybridized carbons (Fsp3) is 0.571. The van der Waals surface area contributed by atoms with Crippen LogP contribution >= 0.6 is 0 Å². The molecule has 0 aliphatic rings. The summed E-state index contributed by atoms with van der Waals surface area (Å²) in [7, 11) is 0. The summed E-state index contributed by atoms with van der Waals surface area (Å²) in [6.07, 6.45) is 10.3. The third-order valence-corrected chi connectivity index (χ3v) is 6.41. The maximum atomic E-state index is 3.70. The van der Waals surface area contributed by atoms with Crippen molar-refractivity contribution in [2.45, 2.75) is 104 Å². The summed E-state index contributed by atoms with van der Waals surface area (Å²) in [5.41, 5.74) is 5.69. The summed E-state index contributed by atoms with van der Waals surface area (Å²) in [5, 5.41) is 3.70. The predicted octanol–water partition coefficient (Wildman–Crippen LogP) is 9.15. The van der Waals surface area contributed by atoms with E-state index >= 15 is 0 Å². The Bertz CT molecular complexity index is 724. The Hall–Kier alpha value is -1.76. The zero-order valence-electron chi connectivity index (χ0n) is 19.8. The summed E-state index contributed by atoms with van der Waals surface area (Å²) < 4.78 is 0. The van der Waals surface area contributed by atoms with Crippen molar-refractivity contribution in [1.82, 2.24) is 0 Å². The second-order valence-corrected chi connectivity index (χ2v) is 9.93. The number of hydrogen-bond acceptors (Lipinski definition) is 1. The van der Waals surface area contributed by atoms with Crippen LogP contribution in [0.25, 0.3) is 0 Å². The van der Waals surface area contributed by atoms with Crippen molar-refractivity contribution in [1.29, 1.82) is 0 Å². The zero-order chi connectivity index (χ0) is 21.3. The van der Waals surface area contributed by atoms with Crippen molar-refractivity contribution in [2.75, 3.05) is 5.32 Å². The quantitative estimate of drug-likeness (QED) is 0.354. The highest BCUT2D eigenvalue weighted by Gasteiger charge is 2.23. The second-order valence-electron chi connectivity index (χ2n) is 9.93. The fourth-order valence-corrected chi connectivity index (χ4v) is 4.26. The smallest absolute Gasteiger partial charge is 0.0422 e. The van der Waals surface area contributed by atoms with Gasteiger partial charge in [0.05, 0.1) is 0 Å². The number of hydrogen-bond donors (Lipinski definition) is 1. The topological polar surface area (TPSA) is 12.0 Å². The maximum Gasteiger partial charge on any atom is 0.0422 e. The second kappa shape index (κ2) is 10.9. The molecule has 0 saturated carbocycles. The first kappa shape index (κ1) is 23.5. The van der Waals surface area contributed by atoms with Crippen molar-refractivity contribution >= 4 is 11.4 Å². The first-order valence-electron chi connectivity index (χ1n) is 11.8. The predicted molar refractivity (Wildman–Crippen MR) is 131 cm³/mol. The van der Waals surface area contributed by atoms with Crippen LogP contribution in [0.5, 0.6) is 0 Å². The Kier molecular flexibility index (Phi) is 8.80. The summed E-state index contributed by atoms with van der Waals surface area (Å²) in [6.45, 7) is 14.1. The van der Waals surface area contributed by atoms with E-state index in [2.05, 4.69) is 95.4 Å². The minimum Gasteiger partial charge on any atom is -0.355 e. The van der Waals surface area contributed by atoms with Crippen LogP contribution in [-0.2, 0) is 10.8 Å². The van der Waals surface area contributed by atoms with Gasteiger partial charge < -0.3 is 5.32 Å². The van der Waals surface area contributed by atoms with Crippen LogP contribution in [0.2, 0.25) is 0 Å².